The van der Waals surface area contributed by atoms with Crippen molar-refractivity contribution in [3.05, 3.63) is 88.2 Å². The molecule has 0 aliphatic heterocycles. The largest absolute Gasteiger partial charge is 0.495 e. The van der Waals surface area contributed by atoms with Crippen LogP contribution in [0.2, 0.25) is 0 Å². The molecule has 4 aromatic rings. The lowest BCUT2D eigenvalue weighted by atomic mass is 10.2. The van der Waals surface area contributed by atoms with Crippen molar-refractivity contribution in [3.63, 3.8) is 0 Å². The van der Waals surface area contributed by atoms with E-state index in [0.29, 0.717) is 40.1 Å². The highest BCUT2D eigenvalue weighted by Gasteiger charge is 2.23. The Kier molecular flexibility index (Phi) is 7.26. The predicted molar refractivity (Wildman–Crippen MR) is 134 cm³/mol. The molecule has 1 amide bonds. The lowest BCUT2D eigenvalue weighted by Crippen LogP contribution is -2.23. The Morgan fingerprint density at radius 1 is 1.06 bits per heavy atom. The number of thiazole rings is 1. The summed E-state index contributed by atoms with van der Waals surface area (Å²) in [6.45, 7) is 5.67. The van der Waals surface area contributed by atoms with Crippen molar-refractivity contribution in [1.82, 2.24) is 14.8 Å². The van der Waals surface area contributed by atoms with E-state index in [2.05, 4.69) is 10.1 Å². The first-order valence-electron chi connectivity index (χ1n) is 11.0. The molecule has 35 heavy (non-hydrogen) atoms. The molecule has 2 heterocycles. The predicted octanol–water partition coefficient (Wildman–Crippen LogP) is 5.05. The van der Waals surface area contributed by atoms with Crippen LogP contribution in [0.1, 0.15) is 39.9 Å². The van der Waals surface area contributed by atoms with Gasteiger partial charge in [0.15, 0.2) is 5.13 Å². The lowest BCUT2D eigenvalue weighted by molar-refractivity contribution is -0.115. The van der Waals surface area contributed by atoms with Gasteiger partial charge in [0.2, 0.25) is 5.91 Å². The normalized spacial score (nSPS) is 10.7. The Bertz CT molecular complexity index is 1350. The van der Waals surface area contributed by atoms with E-state index in [9.17, 15) is 9.59 Å². The second kappa shape index (κ2) is 10.5. The van der Waals surface area contributed by atoms with Gasteiger partial charge in [-0.2, -0.15) is 5.10 Å². The third-order valence-corrected chi connectivity index (χ3v) is 6.36. The molecule has 8 nitrogen and oxygen atoms in total. The van der Waals surface area contributed by atoms with Crippen LogP contribution >= 0.6 is 11.3 Å². The van der Waals surface area contributed by atoms with Crippen molar-refractivity contribution in [2.75, 3.05) is 12.0 Å². The van der Waals surface area contributed by atoms with Gasteiger partial charge in [-0.3, -0.25) is 14.4 Å². The highest BCUT2D eigenvalue weighted by atomic mass is 32.1. The van der Waals surface area contributed by atoms with Gasteiger partial charge in [-0.25, -0.2) is 9.78 Å². The topological polar surface area (TPSA) is 86.5 Å². The fourth-order valence-electron chi connectivity index (χ4n) is 3.80. The van der Waals surface area contributed by atoms with Gasteiger partial charge in [-0.15, -0.1) is 11.3 Å². The summed E-state index contributed by atoms with van der Waals surface area (Å²) in [5, 5.41) is 6.76. The standard InChI is InChI=1S/C26H26N4O4S/c1-17-24(18(2)29(28-17)14-20-10-6-5-7-11-20)25(32)34-15-21-16-35-26(27-21)30(19(3)31)22-12-8-9-13-23(22)33-4/h5-13,16H,14-15H2,1-4H3. The fraction of sp³-hybridized carbons (Fsp3) is 0.231. The number of carbonyl (C=O) groups is 2. The summed E-state index contributed by atoms with van der Waals surface area (Å²) in [6.07, 6.45) is 0. The lowest BCUT2D eigenvalue weighted by Gasteiger charge is -2.20. The molecule has 0 spiro atoms. The van der Waals surface area contributed by atoms with Gasteiger partial charge in [0.1, 0.15) is 17.9 Å². The summed E-state index contributed by atoms with van der Waals surface area (Å²) < 4.78 is 12.8. The molecule has 9 heteroatoms. The van der Waals surface area contributed by atoms with Crippen molar-refractivity contribution < 1.29 is 19.1 Å². The number of carbonyl (C=O) groups excluding carboxylic acids is 2. The average Bonchev–Trinajstić information content (AvgIpc) is 3.42. The number of anilines is 2. The highest BCUT2D eigenvalue weighted by molar-refractivity contribution is 7.14. The smallest absolute Gasteiger partial charge is 0.342 e. The van der Waals surface area contributed by atoms with Crippen LogP contribution in [0.4, 0.5) is 10.8 Å². The number of hydrogen-bond acceptors (Lipinski definition) is 7. The molecule has 0 N–H and O–H groups in total. The minimum atomic E-state index is -0.456. The van der Waals surface area contributed by atoms with E-state index >= 15 is 0 Å². The molecule has 0 atom stereocenters. The molecular weight excluding hydrogens is 464 g/mol. The second-order valence-electron chi connectivity index (χ2n) is 7.91. The Balaban J connectivity index is 1.48. The third kappa shape index (κ3) is 5.25. The number of hydrogen-bond donors (Lipinski definition) is 0. The number of amides is 1. The van der Waals surface area contributed by atoms with Gasteiger partial charge in [-0.1, -0.05) is 42.5 Å². The van der Waals surface area contributed by atoms with Crippen LogP contribution in [-0.2, 0) is 22.7 Å². The van der Waals surface area contributed by atoms with Gasteiger partial charge in [0.05, 0.1) is 36.4 Å². The molecule has 0 aliphatic carbocycles. The zero-order valence-corrected chi connectivity index (χ0v) is 20.8. The molecule has 0 saturated carbocycles. The molecule has 0 fully saturated rings. The molecule has 4 rings (SSSR count). The maximum Gasteiger partial charge on any atom is 0.342 e. The highest BCUT2D eigenvalue weighted by Crippen LogP contribution is 2.35. The van der Waals surface area contributed by atoms with Crippen LogP contribution in [-0.4, -0.2) is 33.8 Å². The molecular formula is C26H26N4O4S. The van der Waals surface area contributed by atoms with Crippen molar-refractivity contribution in [1.29, 1.82) is 0 Å². The van der Waals surface area contributed by atoms with Gasteiger partial charge in [-0.05, 0) is 31.5 Å². The Morgan fingerprint density at radius 2 is 1.77 bits per heavy atom. The first-order valence-corrected chi connectivity index (χ1v) is 11.9. The Hall–Kier alpha value is -3.98. The summed E-state index contributed by atoms with van der Waals surface area (Å²) in [4.78, 5) is 31.3. The Labute approximate surface area is 207 Å². The molecule has 0 aliphatic rings. The quantitative estimate of drug-likeness (QED) is 0.321. The van der Waals surface area contributed by atoms with E-state index in [1.54, 1.807) is 36.2 Å². The van der Waals surface area contributed by atoms with Gasteiger partial charge in [0, 0.05) is 12.3 Å². The fourth-order valence-corrected chi connectivity index (χ4v) is 4.67. The van der Waals surface area contributed by atoms with Crippen molar-refractivity contribution in [2.45, 2.75) is 33.9 Å². The van der Waals surface area contributed by atoms with Crippen LogP contribution in [0.3, 0.4) is 0 Å². The summed E-state index contributed by atoms with van der Waals surface area (Å²) in [6, 6.07) is 17.2. The van der Waals surface area contributed by atoms with Gasteiger partial charge in [0.25, 0.3) is 0 Å². The zero-order valence-electron chi connectivity index (χ0n) is 20.0. The number of benzene rings is 2. The molecule has 180 valence electrons. The van der Waals surface area contributed by atoms with E-state index in [1.807, 2.05) is 49.4 Å². The van der Waals surface area contributed by atoms with Crippen LogP contribution in [0, 0.1) is 13.8 Å². The van der Waals surface area contributed by atoms with Crippen molar-refractivity contribution in [2.24, 2.45) is 0 Å². The van der Waals surface area contributed by atoms with E-state index in [4.69, 9.17) is 9.47 Å². The molecule has 0 unspecified atom stereocenters. The second-order valence-corrected chi connectivity index (χ2v) is 8.75. The minimum absolute atomic E-state index is 0.0181. The molecule has 0 radical (unpaired) electrons. The van der Waals surface area contributed by atoms with E-state index in [0.717, 1.165) is 11.3 Å². The van der Waals surface area contributed by atoms with Gasteiger partial charge < -0.3 is 9.47 Å². The minimum Gasteiger partial charge on any atom is -0.495 e. The van der Waals surface area contributed by atoms with Crippen LogP contribution in [0.25, 0.3) is 0 Å². The summed E-state index contributed by atoms with van der Waals surface area (Å²) in [5.74, 6) is -0.101. The number of aromatic nitrogens is 3. The zero-order chi connectivity index (χ0) is 24.9. The maximum absolute atomic E-state index is 12.9. The number of esters is 1. The first-order chi connectivity index (χ1) is 16.9. The molecule has 0 saturated heterocycles. The van der Waals surface area contributed by atoms with Crippen LogP contribution in [0.5, 0.6) is 5.75 Å². The summed E-state index contributed by atoms with van der Waals surface area (Å²) in [7, 11) is 1.55. The maximum atomic E-state index is 12.9. The van der Waals surface area contributed by atoms with E-state index in [-0.39, 0.29) is 12.5 Å². The van der Waals surface area contributed by atoms with Crippen LogP contribution in [0.15, 0.2) is 60.0 Å². The Morgan fingerprint density at radius 3 is 2.49 bits per heavy atom. The molecule has 2 aromatic carbocycles. The monoisotopic (exact) mass is 490 g/mol. The van der Waals surface area contributed by atoms with Crippen molar-refractivity contribution in [3.8, 4) is 5.75 Å². The third-order valence-electron chi connectivity index (χ3n) is 5.48. The number of methoxy groups -OCH3 is 1. The average molecular weight is 491 g/mol. The van der Waals surface area contributed by atoms with Crippen LogP contribution < -0.4 is 9.64 Å². The number of nitrogens with zero attached hydrogens (tertiary/aromatic N) is 4. The first kappa shape index (κ1) is 24.2. The van der Waals surface area contributed by atoms with Crippen molar-refractivity contribution >= 4 is 34.0 Å². The van der Waals surface area contributed by atoms with E-state index < -0.39 is 5.97 Å². The number of para-hydroxylation sites is 2. The SMILES string of the molecule is COc1ccccc1N(C(C)=O)c1nc(COC(=O)c2c(C)nn(Cc3ccccc3)c2C)cs1. The number of ether oxygens (including phenoxy) is 2. The summed E-state index contributed by atoms with van der Waals surface area (Å²) >= 11 is 1.29. The molecule has 0 bridgehead atoms. The van der Waals surface area contributed by atoms with Gasteiger partial charge >= 0.3 is 5.97 Å². The number of rotatable bonds is 8. The van der Waals surface area contributed by atoms with E-state index in [1.165, 1.54) is 23.2 Å². The molecule has 2 aromatic heterocycles. The summed E-state index contributed by atoms with van der Waals surface area (Å²) in [5.41, 5.74) is 4.05. The number of aryl methyl sites for hydroxylation is 1.